The number of thiazole rings is 1. The maximum atomic E-state index is 12.0. The van der Waals surface area contributed by atoms with Gasteiger partial charge in [-0.3, -0.25) is 9.20 Å². The Hall–Kier alpha value is -1.18. The predicted molar refractivity (Wildman–Crippen MR) is 85.6 cm³/mol. The highest BCUT2D eigenvalue weighted by Crippen LogP contribution is 2.21. The molecule has 0 saturated carbocycles. The zero-order valence-electron chi connectivity index (χ0n) is 10.5. The molecule has 0 fully saturated rings. The number of hydrogen-bond donors (Lipinski definition) is 0. The van der Waals surface area contributed by atoms with Gasteiger partial charge in [-0.05, 0) is 35.0 Å². The summed E-state index contributed by atoms with van der Waals surface area (Å²) in [6, 6.07) is 5.48. The highest BCUT2D eigenvalue weighted by molar-refractivity contribution is 9.10. The van der Waals surface area contributed by atoms with Crippen LogP contribution in [0.5, 0.6) is 0 Å². The van der Waals surface area contributed by atoms with Gasteiger partial charge in [0.1, 0.15) is 0 Å². The average molecular weight is 368 g/mol. The van der Waals surface area contributed by atoms with Crippen LogP contribution in [0.15, 0.2) is 44.1 Å². The van der Waals surface area contributed by atoms with Crippen LogP contribution >= 0.6 is 39.0 Å². The Kier molecular flexibility index (Phi) is 3.91. The molecular weight excluding hydrogens is 358 g/mol. The number of rotatable bonds is 3. The molecule has 0 aliphatic heterocycles. The predicted octanol–water partition coefficient (Wildman–Crippen LogP) is 3.51. The molecule has 3 aromatic rings. The Labute approximate surface area is 132 Å². The maximum absolute atomic E-state index is 12.0. The summed E-state index contributed by atoms with van der Waals surface area (Å²) in [6.45, 7) is 1.91. The van der Waals surface area contributed by atoms with Crippen LogP contribution in [-0.2, 0) is 5.75 Å². The molecule has 3 heterocycles. The van der Waals surface area contributed by atoms with Crippen LogP contribution in [0.4, 0.5) is 0 Å². The molecule has 0 amide bonds. The second-order valence-electron chi connectivity index (χ2n) is 4.18. The third kappa shape index (κ3) is 2.79. The Bertz CT molecular complexity index is 811. The normalized spacial score (nSPS) is 11.1. The second kappa shape index (κ2) is 5.67. The van der Waals surface area contributed by atoms with Crippen molar-refractivity contribution in [1.82, 2.24) is 14.4 Å². The van der Waals surface area contributed by atoms with Crippen LogP contribution < -0.4 is 5.56 Å². The molecule has 0 spiro atoms. The van der Waals surface area contributed by atoms with Gasteiger partial charge in [-0.2, -0.15) is 0 Å². The first kappa shape index (κ1) is 13.8. The van der Waals surface area contributed by atoms with Crippen molar-refractivity contribution in [3.8, 4) is 0 Å². The molecule has 3 rings (SSSR count). The molecule has 4 nitrogen and oxygen atoms in total. The molecule has 20 heavy (non-hydrogen) atoms. The van der Waals surface area contributed by atoms with Gasteiger partial charge in [-0.15, -0.1) is 23.1 Å². The quantitative estimate of drug-likeness (QED) is 0.664. The third-order valence-corrected chi connectivity index (χ3v) is 5.09. The van der Waals surface area contributed by atoms with Gasteiger partial charge in [0.2, 0.25) is 0 Å². The number of aromatic nitrogens is 3. The van der Waals surface area contributed by atoms with E-state index in [9.17, 15) is 4.79 Å². The number of thioether (sulfide) groups is 1. The van der Waals surface area contributed by atoms with Crippen molar-refractivity contribution in [3.05, 3.63) is 56.0 Å². The van der Waals surface area contributed by atoms with Crippen molar-refractivity contribution < 1.29 is 0 Å². The SMILES string of the molecule is Cc1csc2nc(CSc3ccc(Br)cn3)cc(=O)n12. The van der Waals surface area contributed by atoms with Gasteiger partial charge in [0.25, 0.3) is 5.56 Å². The van der Waals surface area contributed by atoms with E-state index >= 15 is 0 Å². The summed E-state index contributed by atoms with van der Waals surface area (Å²) in [5.41, 5.74) is 1.69. The first-order valence-corrected chi connectivity index (χ1v) is 8.50. The van der Waals surface area contributed by atoms with Gasteiger partial charge >= 0.3 is 0 Å². The molecule has 0 N–H and O–H groups in total. The maximum Gasteiger partial charge on any atom is 0.258 e. The minimum atomic E-state index is -0.0203. The summed E-state index contributed by atoms with van der Waals surface area (Å²) in [5.74, 6) is 0.636. The van der Waals surface area contributed by atoms with Gasteiger partial charge in [0.05, 0.1) is 10.7 Å². The van der Waals surface area contributed by atoms with Crippen molar-refractivity contribution in [2.45, 2.75) is 17.7 Å². The first-order chi connectivity index (χ1) is 9.63. The monoisotopic (exact) mass is 367 g/mol. The van der Waals surface area contributed by atoms with Crippen LogP contribution in [0.1, 0.15) is 11.4 Å². The summed E-state index contributed by atoms with van der Waals surface area (Å²) in [5, 5.41) is 2.86. The van der Waals surface area contributed by atoms with Crippen LogP contribution in [-0.4, -0.2) is 14.4 Å². The standard InChI is InChI=1S/C13H10BrN3OS2/c1-8-6-20-13-16-10(4-12(18)17(8)13)7-19-11-3-2-9(14)5-15-11/h2-6H,7H2,1H3. The number of pyridine rings is 1. The molecule has 0 bridgehead atoms. The highest BCUT2D eigenvalue weighted by atomic mass is 79.9. The van der Waals surface area contributed by atoms with Crippen molar-refractivity contribution in [2.75, 3.05) is 0 Å². The molecule has 0 aliphatic rings. The molecule has 102 valence electrons. The van der Waals surface area contributed by atoms with E-state index < -0.39 is 0 Å². The first-order valence-electron chi connectivity index (χ1n) is 5.84. The van der Waals surface area contributed by atoms with E-state index in [2.05, 4.69) is 25.9 Å². The largest absolute Gasteiger partial charge is 0.269 e. The summed E-state index contributed by atoms with van der Waals surface area (Å²) >= 11 is 6.41. The zero-order chi connectivity index (χ0) is 14.1. The molecule has 0 atom stereocenters. The van der Waals surface area contributed by atoms with Crippen LogP contribution in [0.3, 0.4) is 0 Å². The number of halogens is 1. The van der Waals surface area contributed by atoms with E-state index in [-0.39, 0.29) is 5.56 Å². The van der Waals surface area contributed by atoms with Gasteiger partial charge in [-0.1, -0.05) is 0 Å². The molecule has 0 saturated heterocycles. The Morgan fingerprint density at radius 1 is 1.45 bits per heavy atom. The van der Waals surface area contributed by atoms with Crippen LogP contribution in [0.25, 0.3) is 4.96 Å². The number of aryl methyl sites for hydroxylation is 1. The molecular formula is C13H10BrN3OS2. The molecule has 0 unspecified atom stereocenters. The number of hydrogen-bond acceptors (Lipinski definition) is 5. The molecule has 0 radical (unpaired) electrons. The average Bonchev–Trinajstić information content (AvgIpc) is 2.80. The van der Waals surface area contributed by atoms with E-state index in [1.165, 1.54) is 11.3 Å². The van der Waals surface area contributed by atoms with Crippen molar-refractivity contribution in [3.63, 3.8) is 0 Å². The Morgan fingerprint density at radius 2 is 2.30 bits per heavy atom. The van der Waals surface area contributed by atoms with E-state index in [0.717, 1.165) is 25.8 Å². The molecule has 3 aromatic heterocycles. The Balaban J connectivity index is 1.84. The topological polar surface area (TPSA) is 47.3 Å². The van der Waals surface area contributed by atoms with Crippen molar-refractivity contribution in [2.24, 2.45) is 0 Å². The lowest BCUT2D eigenvalue weighted by molar-refractivity contribution is 0.996. The lowest BCUT2D eigenvalue weighted by atomic mass is 10.4. The lowest BCUT2D eigenvalue weighted by Crippen LogP contribution is -2.14. The van der Waals surface area contributed by atoms with E-state index in [1.54, 1.807) is 28.4 Å². The van der Waals surface area contributed by atoms with Gasteiger partial charge in [0, 0.05) is 33.6 Å². The number of fused-ring (bicyclic) bond motifs is 1. The minimum absolute atomic E-state index is 0.0203. The smallest absolute Gasteiger partial charge is 0.258 e. The fourth-order valence-corrected chi connectivity index (χ4v) is 3.63. The molecule has 7 heteroatoms. The fourth-order valence-electron chi connectivity index (χ4n) is 1.77. The van der Waals surface area contributed by atoms with Crippen molar-refractivity contribution in [1.29, 1.82) is 0 Å². The minimum Gasteiger partial charge on any atom is -0.269 e. The van der Waals surface area contributed by atoms with E-state index in [4.69, 9.17) is 0 Å². The summed E-state index contributed by atoms with van der Waals surface area (Å²) in [6.07, 6.45) is 1.76. The lowest BCUT2D eigenvalue weighted by Gasteiger charge is -2.02. The summed E-state index contributed by atoms with van der Waals surface area (Å²) in [7, 11) is 0. The third-order valence-electron chi connectivity index (χ3n) is 2.70. The molecule has 0 aliphatic carbocycles. The summed E-state index contributed by atoms with van der Waals surface area (Å²) in [4.78, 5) is 21.6. The van der Waals surface area contributed by atoms with Crippen molar-refractivity contribution >= 4 is 44.0 Å². The van der Waals surface area contributed by atoms with Gasteiger partial charge < -0.3 is 0 Å². The fraction of sp³-hybridized carbons (Fsp3) is 0.154. The van der Waals surface area contributed by atoms with E-state index in [0.29, 0.717) is 5.75 Å². The molecule has 0 aromatic carbocycles. The van der Waals surface area contributed by atoms with Crippen LogP contribution in [0, 0.1) is 6.92 Å². The summed E-state index contributed by atoms with van der Waals surface area (Å²) < 4.78 is 2.59. The second-order valence-corrected chi connectivity index (χ2v) is 6.93. The Morgan fingerprint density at radius 3 is 3.05 bits per heavy atom. The van der Waals surface area contributed by atoms with Crippen LogP contribution in [0.2, 0.25) is 0 Å². The van der Waals surface area contributed by atoms with Gasteiger partial charge in [-0.25, -0.2) is 9.97 Å². The zero-order valence-corrected chi connectivity index (χ0v) is 13.8. The van der Waals surface area contributed by atoms with Gasteiger partial charge in [0.15, 0.2) is 4.96 Å². The van der Waals surface area contributed by atoms with E-state index in [1.807, 2.05) is 24.4 Å². The highest BCUT2D eigenvalue weighted by Gasteiger charge is 2.07. The number of nitrogens with zero attached hydrogens (tertiary/aromatic N) is 3.